The number of allylic oxidation sites excluding steroid dienone is 2. The van der Waals surface area contributed by atoms with Gasteiger partial charge in [-0.05, 0) is 12.0 Å². The first-order chi connectivity index (χ1) is 4.86. The number of halogens is 1. The summed E-state index contributed by atoms with van der Waals surface area (Å²) in [6, 6.07) is 0. The molecule has 1 aliphatic carbocycles. The number of hydrogen-bond donors (Lipinski definition) is 0. The predicted molar refractivity (Wildman–Crippen MR) is 46.4 cm³/mol. The van der Waals surface area contributed by atoms with E-state index in [0.717, 1.165) is 11.8 Å². The molecule has 0 radical (unpaired) electrons. The third kappa shape index (κ3) is 1.96. The van der Waals surface area contributed by atoms with E-state index in [4.69, 9.17) is 4.74 Å². The lowest BCUT2D eigenvalue weighted by Gasteiger charge is -2.12. The van der Waals surface area contributed by atoms with Gasteiger partial charge in [0, 0.05) is 12.4 Å². The van der Waals surface area contributed by atoms with Gasteiger partial charge in [0.15, 0.2) is 0 Å². The van der Waals surface area contributed by atoms with Crippen LogP contribution in [0.15, 0.2) is 23.8 Å². The van der Waals surface area contributed by atoms with Crippen molar-refractivity contribution >= 4 is 15.9 Å². The zero-order valence-electron chi connectivity index (χ0n) is 6.01. The quantitative estimate of drug-likeness (QED) is 0.625. The molecule has 2 heteroatoms. The van der Waals surface area contributed by atoms with Gasteiger partial charge in [0.1, 0.15) is 0 Å². The SMILES string of the molecule is COC1C=CC(CBr)=CC1. The number of hydrogen-bond acceptors (Lipinski definition) is 1. The van der Waals surface area contributed by atoms with E-state index >= 15 is 0 Å². The van der Waals surface area contributed by atoms with Crippen LogP contribution in [0.5, 0.6) is 0 Å². The lowest BCUT2D eigenvalue weighted by Crippen LogP contribution is -2.08. The molecule has 0 aliphatic heterocycles. The molecule has 0 saturated heterocycles. The number of rotatable bonds is 2. The number of alkyl halides is 1. The average molecular weight is 203 g/mol. The molecule has 1 nitrogen and oxygen atoms in total. The van der Waals surface area contributed by atoms with Crippen LogP contribution < -0.4 is 0 Å². The Morgan fingerprint density at radius 1 is 1.80 bits per heavy atom. The highest BCUT2D eigenvalue weighted by atomic mass is 79.9. The molecule has 0 saturated carbocycles. The highest BCUT2D eigenvalue weighted by Crippen LogP contribution is 2.13. The van der Waals surface area contributed by atoms with E-state index in [1.807, 2.05) is 0 Å². The zero-order valence-corrected chi connectivity index (χ0v) is 7.60. The first kappa shape index (κ1) is 8.02. The predicted octanol–water partition coefficient (Wildman–Crippen LogP) is 2.28. The second-order valence-electron chi connectivity index (χ2n) is 2.28. The fraction of sp³-hybridized carbons (Fsp3) is 0.500. The third-order valence-electron chi connectivity index (χ3n) is 1.59. The summed E-state index contributed by atoms with van der Waals surface area (Å²) in [6.45, 7) is 0. The van der Waals surface area contributed by atoms with Gasteiger partial charge in [-0.25, -0.2) is 0 Å². The first-order valence-electron chi connectivity index (χ1n) is 3.33. The van der Waals surface area contributed by atoms with Crippen molar-refractivity contribution in [1.29, 1.82) is 0 Å². The van der Waals surface area contributed by atoms with Crippen molar-refractivity contribution in [2.75, 3.05) is 12.4 Å². The van der Waals surface area contributed by atoms with Crippen LogP contribution in [0.3, 0.4) is 0 Å². The van der Waals surface area contributed by atoms with Crippen molar-refractivity contribution in [3.8, 4) is 0 Å². The summed E-state index contributed by atoms with van der Waals surface area (Å²) in [5, 5.41) is 0.944. The maximum atomic E-state index is 5.14. The van der Waals surface area contributed by atoms with Crippen molar-refractivity contribution in [3.05, 3.63) is 23.8 Å². The molecule has 0 bridgehead atoms. The van der Waals surface area contributed by atoms with Gasteiger partial charge in [0.25, 0.3) is 0 Å². The molecule has 0 aromatic rings. The Hall–Kier alpha value is -0.0800. The maximum absolute atomic E-state index is 5.14. The van der Waals surface area contributed by atoms with Crippen molar-refractivity contribution in [1.82, 2.24) is 0 Å². The molecule has 0 aromatic heterocycles. The van der Waals surface area contributed by atoms with Crippen molar-refractivity contribution < 1.29 is 4.74 Å². The van der Waals surface area contributed by atoms with Crippen LogP contribution in [0.25, 0.3) is 0 Å². The van der Waals surface area contributed by atoms with Crippen LogP contribution in [0.2, 0.25) is 0 Å². The summed E-state index contributed by atoms with van der Waals surface area (Å²) in [6.07, 6.45) is 7.70. The average Bonchev–Trinajstić information content (AvgIpc) is 2.05. The Morgan fingerprint density at radius 2 is 2.60 bits per heavy atom. The lowest BCUT2D eigenvalue weighted by atomic mass is 10.1. The van der Waals surface area contributed by atoms with Gasteiger partial charge < -0.3 is 4.74 Å². The van der Waals surface area contributed by atoms with E-state index in [1.54, 1.807) is 7.11 Å². The van der Waals surface area contributed by atoms with Gasteiger partial charge >= 0.3 is 0 Å². The van der Waals surface area contributed by atoms with Crippen LogP contribution in [-0.4, -0.2) is 18.5 Å². The van der Waals surface area contributed by atoms with Crippen LogP contribution in [-0.2, 0) is 4.74 Å². The monoisotopic (exact) mass is 202 g/mol. The van der Waals surface area contributed by atoms with Gasteiger partial charge in [-0.15, -0.1) is 0 Å². The fourth-order valence-electron chi connectivity index (χ4n) is 0.919. The maximum Gasteiger partial charge on any atom is 0.0789 e. The van der Waals surface area contributed by atoms with E-state index in [9.17, 15) is 0 Å². The molecule has 0 heterocycles. The molecule has 1 rings (SSSR count). The molecule has 1 aliphatic rings. The molecular weight excluding hydrogens is 192 g/mol. The van der Waals surface area contributed by atoms with Gasteiger partial charge in [-0.3, -0.25) is 0 Å². The second-order valence-corrected chi connectivity index (χ2v) is 2.84. The summed E-state index contributed by atoms with van der Waals surface area (Å²) in [5.74, 6) is 0. The molecular formula is C8H11BrO. The van der Waals surface area contributed by atoms with Gasteiger partial charge in [0.2, 0.25) is 0 Å². The summed E-state index contributed by atoms with van der Waals surface area (Å²) in [5.41, 5.74) is 1.34. The summed E-state index contributed by atoms with van der Waals surface area (Å²) >= 11 is 3.39. The first-order valence-corrected chi connectivity index (χ1v) is 4.45. The van der Waals surface area contributed by atoms with Gasteiger partial charge in [0.05, 0.1) is 6.10 Å². The number of methoxy groups -OCH3 is 1. The van der Waals surface area contributed by atoms with E-state index in [1.165, 1.54) is 5.57 Å². The van der Waals surface area contributed by atoms with Crippen LogP contribution in [0.4, 0.5) is 0 Å². The minimum absolute atomic E-state index is 0.294. The summed E-state index contributed by atoms with van der Waals surface area (Å²) in [4.78, 5) is 0. The fourth-order valence-corrected chi connectivity index (χ4v) is 1.33. The molecule has 0 fully saturated rings. The lowest BCUT2D eigenvalue weighted by molar-refractivity contribution is 0.142. The Kier molecular flexibility index (Phi) is 3.16. The highest BCUT2D eigenvalue weighted by molar-refractivity contribution is 9.09. The standard InChI is InChI=1S/C8H11BrO/c1-10-8-4-2-7(6-9)3-5-8/h2-4,8H,5-6H2,1H3. The summed E-state index contributed by atoms with van der Waals surface area (Å²) in [7, 11) is 1.74. The minimum Gasteiger partial charge on any atom is -0.377 e. The van der Waals surface area contributed by atoms with Crippen LogP contribution in [0.1, 0.15) is 6.42 Å². The Morgan fingerprint density at radius 3 is 3.00 bits per heavy atom. The van der Waals surface area contributed by atoms with E-state index < -0.39 is 0 Å². The molecule has 56 valence electrons. The Bertz CT molecular complexity index is 161. The minimum atomic E-state index is 0.294. The molecule has 10 heavy (non-hydrogen) atoms. The van der Waals surface area contributed by atoms with Crippen molar-refractivity contribution in [2.24, 2.45) is 0 Å². The van der Waals surface area contributed by atoms with E-state index in [2.05, 4.69) is 34.2 Å². The molecule has 0 amide bonds. The molecule has 1 unspecified atom stereocenters. The van der Waals surface area contributed by atoms with Crippen LogP contribution >= 0.6 is 15.9 Å². The van der Waals surface area contributed by atoms with Crippen LogP contribution in [0, 0.1) is 0 Å². The molecule has 0 spiro atoms. The van der Waals surface area contributed by atoms with Gasteiger partial charge in [-0.1, -0.05) is 34.2 Å². The molecule has 1 atom stereocenters. The van der Waals surface area contributed by atoms with Crippen molar-refractivity contribution in [3.63, 3.8) is 0 Å². The van der Waals surface area contributed by atoms with Gasteiger partial charge in [-0.2, -0.15) is 0 Å². The molecule has 0 N–H and O–H groups in total. The third-order valence-corrected chi connectivity index (χ3v) is 2.24. The van der Waals surface area contributed by atoms with E-state index in [-0.39, 0.29) is 0 Å². The number of ether oxygens (including phenoxy) is 1. The summed E-state index contributed by atoms with van der Waals surface area (Å²) < 4.78 is 5.14. The Labute approximate surface area is 69.9 Å². The Balaban J connectivity index is 2.46. The topological polar surface area (TPSA) is 9.23 Å². The smallest absolute Gasteiger partial charge is 0.0789 e. The second kappa shape index (κ2) is 3.94. The van der Waals surface area contributed by atoms with E-state index in [0.29, 0.717) is 6.10 Å². The largest absolute Gasteiger partial charge is 0.377 e. The molecule has 0 aromatic carbocycles. The zero-order chi connectivity index (χ0) is 7.40. The van der Waals surface area contributed by atoms with Crippen molar-refractivity contribution in [2.45, 2.75) is 12.5 Å². The normalized spacial score (nSPS) is 24.6. The highest BCUT2D eigenvalue weighted by Gasteiger charge is 2.04.